The maximum absolute atomic E-state index is 11.9. The highest BCUT2D eigenvalue weighted by molar-refractivity contribution is 6.34. The fraction of sp³-hybridized carbons (Fsp3) is 0.167. The number of rotatable bonds is 1. The van der Waals surface area contributed by atoms with Gasteiger partial charge in [0.05, 0.1) is 17.3 Å². The van der Waals surface area contributed by atoms with Crippen LogP contribution in [0.3, 0.4) is 0 Å². The van der Waals surface area contributed by atoms with Gasteiger partial charge in [-0.15, -0.1) is 0 Å². The Balaban J connectivity index is 2.30. The van der Waals surface area contributed by atoms with Crippen LogP contribution < -0.4 is 5.56 Å². The second-order valence-corrected chi connectivity index (χ2v) is 4.60. The lowest BCUT2D eigenvalue weighted by atomic mass is 10.1. The Bertz CT molecular complexity index is 836. The van der Waals surface area contributed by atoms with Gasteiger partial charge in [-0.05, 0) is 6.07 Å². The van der Waals surface area contributed by atoms with Crippen LogP contribution in [-0.4, -0.2) is 24.5 Å². The number of pyridine rings is 1. The van der Waals surface area contributed by atoms with E-state index in [4.69, 9.17) is 11.6 Å². The van der Waals surface area contributed by atoms with Gasteiger partial charge in [-0.25, -0.2) is 4.68 Å². The SMILES string of the molecule is Cn1cc(-c2cc3c(Cl)nn(C)c(=O)c3cn2)cn1. The third-order valence-electron chi connectivity index (χ3n) is 2.89. The van der Waals surface area contributed by atoms with Gasteiger partial charge in [-0.2, -0.15) is 10.2 Å². The monoisotopic (exact) mass is 275 g/mol. The highest BCUT2D eigenvalue weighted by Gasteiger charge is 2.10. The largest absolute Gasteiger partial charge is 0.276 e. The standard InChI is InChI=1S/C12H10ClN5O/c1-17-6-7(4-15-17)10-3-8-9(5-14-10)12(19)18(2)16-11(8)13/h3-6H,1-2H3. The molecule has 0 aliphatic carbocycles. The van der Waals surface area contributed by atoms with Crippen molar-refractivity contribution in [2.45, 2.75) is 0 Å². The first-order chi connectivity index (χ1) is 9.06. The molecule has 3 aromatic heterocycles. The third-order valence-corrected chi connectivity index (χ3v) is 3.17. The lowest BCUT2D eigenvalue weighted by Gasteiger charge is -2.04. The molecule has 6 nitrogen and oxygen atoms in total. The van der Waals surface area contributed by atoms with Crippen LogP contribution in [0.1, 0.15) is 0 Å². The molecule has 0 aliphatic rings. The van der Waals surface area contributed by atoms with Crippen molar-refractivity contribution in [2.75, 3.05) is 0 Å². The van der Waals surface area contributed by atoms with Crippen molar-refractivity contribution in [3.63, 3.8) is 0 Å². The molecule has 0 spiro atoms. The number of halogens is 1. The van der Waals surface area contributed by atoms with Crippen molar-refractivity contribution >= 4 is 22.4 Å². The summed E-state index contributed by atoms with van der Waals surface area (Å²) in [5.41, 5.74) is 1.35. The highest BCUT2D eigenvalue weighted by Crippen LogP contribution is 2.23. The molecule has 96 valence electrons. The first-order valence-corrected chi connectivity index (χ1v) is 5.95. The zero-order valence-corrected chi connectivity index (χ0v) is 11.1. The number of nitrogens with zero attached hydrogens (tertiary/aromatic N) is 5. The van der Waals surface area contributed by atoms with Crippen molar-refractivity contribution in [3.05, 3.63) is 40.2 Å². The van der Waals surface area contributed by atoms with Crippen molar-refractivity contribution in [1.29, 1.82) is 0 Å². The van der Waals surface area contributed by atoms with E-state index >= 15 is 0 Å². The molecule has 19 heavy (non-hydrogen) atoms. The quantitative estimate of drug-likeness (QED) is 0.673. The van der Waals surface area contributed by atoms with Crippen molar-refractivity contribution in [2.24, 2.45) is 14.1 Å². The van der Waals surface area contributed by atoms with Crippen LogP contribution in [0.2, 0.25) is 5.15 Å². The first kappa shape index (κ1) is 11.9. The van der Waals surface area contributed by atoms with Crippen molar-refractivity contribution < 1.29 is 0 Å². The molecule has 0 atom stereocenters. The first-order valence-electron chi connectivity index (χ1n) is 5.58. The topological polar surface area (TPSA) is 65.6 Å². The van der Waals surface area contributed by atoms with Crippen LogP contribution in [0.4, 0.5) is 0 Å². The molecule has 0 N–H and O–H groups in total. The summed E-state index contributed by atoms with van der Waals surface area (Å²) in [4.78, 5) is 16.2. The molecule has 3 rings (SSSR count). The molecule has 0 saturated heterocycles. The second-order valence-electron chi connectivity index (χ2n) is 4.24. The van der Waals surface area contributed by atoms with Gasteiger partial charge < -0.3 is 0 Å². The maximum Gasteiger partial charge on any atom is 0.276 e. The normalized spacial score (nSPS) is 11.1. The molecule has 0 saturated carbocycles. The van der Waals surface area contributed by atoms with Crippen LogP contribution >= 0.6 is 11.6 Å². The van der Waals surface area contributed by atoms with E-state index in [2.05, 4.69) is 15.2 Å². The minimum Gasteiger partial charge on any atom is -0.275 e. The summed E-state index contributed by atoms with van der Waals surface area (Å²) in [5, 5.41) is 9.38. The molecular formula is C12H10ClN5O. The Labute approximate surface area is 113 Å². The average molecular weight is 276 g/mol. The number of hydrogen-bond acceptors (Lipinski definition) is 4. The van der Waals surface area contributed by atoms with Crippen LogP contribution in [0.5, 0.6) is 0 Å². The molecule has 7 heteroatoms. The Morgan fingerprint density at radius 1 is 1.21 bits per heavy atom. The number of hydrogen-bond donors (Lipinski definition) is 0. The van der Waals surface area contributed by atoms with E-state index in [1.165, 1.54) is 10.9 Å². The van der Waals surface area contributed by atoms with Gasteiger partial charge in [0.15, 0.2) is 5.15 Å². The lowest BCUT2D eigenvalue weighted by Crippen LogP contribution is -2.19. The van der Waals surface area contributed by atoms with E-state index in [0.29, 0.717) is 16.5 Å². The summed E-state index contributed by atoms with van der Waals surface area (Å²) in [5.74, 6) is 0. The molecule has 0 aromatic carbocycles. The number of fused-ring (bicyclic) bond motifs is 1. The van der Waals surface area contributed by atoms with E-state index in [9.17, 15) is 4.79 Å². The molecule has 0 radical (unpaired) electrons. The summed E-state index contributed by atoms with van der Waals surface area (Å²) in [6, 6.07) is 1.75. The summed E-state index contributed by atoms with van der Waals surface area (Å²) >= 11 is 6.08. The smallest absolute Gasteiger partial charge is 0.275 e. The lowest BCUT2D eigenvalue weighted by molar-refractivity contribution is 0.718. The fourth-order valence-electron chi connectivity index (χ4n) is 1.91. The van der Waals surface area contributed by atoms with Crippen molar-refractivity contribution in [3.8, 4) is 11.3 Å². The summed E-state index contributed by atoms with van der Waals surface area (Å²) in [6.45, 7) is 0. The summed E-state index contributed by atoms with van der Waals surface area (Å²) < 4.78 is 2.89. The van der Waals surface area contributed by atoms with Crippen LogP contribution in [0.15, 0.2) is 29.5 Å². The summed E-state index contributed by atoms with van der Waals surface area (Å²) in [7, 11) is 3.39. The van der Waals surface area contributed by atoms with E-state index in [1.54, 1.807) is 24.0 Å². The molecule has 0 bridgehead atoms. The summed E-state index contributed by atoms with van der Waals surface area (Å²) in [6.07, 6.45) is 5.07. The number of aromatic nitrogens is 5. The third kappa shape index (κ3) is 1.90. The van der Waals surface area contributed by atoms with E-state index in [-0.39, 0.29) is 10.7 Å². The zero-order chi connectivity index (χ0) is 13.6. The van der Waals surface area contributed by atoms with Gasteiger partial charge in [0.1, 0.15) is 0 Å². The van der Waals surface area contributed by atoms with Crippen LogP contribution in [-0.2, 0) is 14.1 Å². The Morgan fingerprint density at radius 3 is 2.68 bits per heavy atom. The van der Waals surface area contributed by atoms with Gasteiger partial charge >= 0.3 is 0 Å². The number of aryl methyl sites for hydroxylation is 2. The molecule has 0 amide bonds. The Morgan fingerprint density at radius 2 is 2.00 bits per heavy atom. The van der Waals surface area contributed by atoms with Gasteiger partial charge in [-0.3, -0.25) is 14.5 Å². The Hall–Kier alpha value is -2.21. The highest BCUT2D eigenvalue weighted by atomic mass is 35.5. The predicted octanol–water partition coefficient (Wildman–Crippen LogP) is 1.38. The minimum atomic E-state index is -0.218. The van der Waals surface area contributed by atoms with E-state index < -0.39 is 0 Å². The average Bonchev–Trinajstić information content (AvgIpc) is 2.82. The fourth-order valence-corrected chi connectivity index (χ4v) is 2.18. The zero-order valence-electron chi connectivity index (χ0n) is 10.3. The molecule has 0 aliphatic heterocycles. The minimum absolute atomic E-state index is 0.218. The second kappa shape index (κ2) is 4.17. The van der Waals surface area contributed by atoms with Crippen molar-refractivity contribution in [1.82, 2.24) is 24.5 Å². The van der Waals surface area contributed by atoms with Gasteiger partial charge in [0, 0.05) is 37.4 Å². The van der Waals surface area contributed by atoms with Gasteiger partial charge in [-0.1, -0.05) is 11.6 Å². The van der Waals surface area contributed by atoms with Crippen LogP contribution in [0, 0.1) is 0 Å². The molecule has 0 unspecified atom stereocenters. The molecule has 3 heterocycles. The molecule has 3 aromatic rings. The molecular weight excluding hydrogens is 266 g/mol. The Kier molecular flexibility index (Phi) is 2.60. The van der Waals surface area contributed by atoms with E-state index in [0.717, 1.165) is 5.56 Å². The molecule has 0 fully saturated rings. The van der Waals surface area contributed by atoms with Gasteiger partial charge in [0.2, 0.25) is 0 Å². The van der Waals surface area contributed by atoms with E-state index in [1.807, 2.05) is 13.2 Å². The maximum atomic E-state index is 11.9. The predicted molar refractivity (Wildman–Crippen MR) is 72.0 cm³/mol. The van der Waals surface area contributed by atoms with Crippen LogP contribution in [0.25, 0.3) is 22.0 Å². The van der Waals surface area contributed by atoms with Gasteiger partial charge in [0.25, 0.3) is 5.56 Å².